The molecule has 5 rings (SSSR count). The van der Waals surface area contributed by atoms with Crippen LogP contribution in [0, 0.1) is 0 Å². The van der Waals surface area contributed by atoms with Crippen molar-refractivity contribution in [2.45, 2.75) is 17.1 Å². The molecule has 1 unspecified atom stereocenters. The van der Waals surface area contributed by atoms with Gasteiger partial charge < -0.3 is 16.0 Å². The van der Waals surface area contributed by atoms with Crippen molar-refractivity contribution in [3.05, 3.63) is 102 Å². The summed E-state index contributed by atoms with van der Waals surface area (Å²) in [5, 5.41) is 14.4. The van der Waals surface area contributed by atoms with Crippen molar-refractivity contribution < 1.29 is 4.79 Å². The van der Waals surface area contributed by atoms with Crippen LogP contribution in [0.15, 0.2) is 107 Å². The first-order valence-corrected chi connectivity index (χ1v) is 13.9. The van der Waals surface area contributed by atoms with E-state index in [2.05, 4.69) is 51.3 Å². The third-order valence-corrected chi connectivity index (χ3v) is 7.64. The van der Waals surface area contributed by atoms with Crippen molar-refractivity contribution in [1.29, 1.82) is 0 Å². The first kappa shape index (κ1) is 25.0. The molecule has 0 radical (unpaired) electrons. The summed E-state index contributed by atoms with van der Waals surface area (Å²) >= 11 is 8.34. The van der Waals surface area contributed by atoms with Gasteiger partial charge in [-0.2, -0.15) is 0 Å². The normalized spacial score (nSPS) is 11.6. The lowest BCUT2D eigenvalue weighted by molar-refractivity contribution is -0.115. The summed E-state index contributed by atoms with van der Waals surface area (Å²) in [7, 11) is 0. The Morgan fingerprint density at radius 1 is 0.838 bits per heavy atom. The number of benzene rings is 4. The van der Waals surface area contributed by atoms with E-state index in [4.69, 9.17) is 12.2 Å². The van der Waals surface area contributed by atoms with Crippen LogP contribution in [0.1, 0.15) is 6.92 Å². The average Bonchev–Trinajstić information content (AvgIpc) is 3.37. The summed E-state index contributed by atoms with van der Waals surface area (Å²) in [6.07, 6.45) is 0. The topological polar surface area (TPSA) is 66.0 Å². The molecule has 1 aromatic heterocycles. The van der Waals surface area contributed by atoms with Gasteiger partial charge in [-0.15, -0.1) is 23.1 Å². The van der Waals surface area contributed by atoms with Crippen LogP contribution in [0.2, 0.25) is 0 Å². The Morgan fingerprint density at radius 3 is 2.41 bits per heavy atom. The van der Waals surface area contributed by atoms with Crippen LogP contribution in [-0.2, 0) is 4.79 Å². The van der Waals surface area contributed by atoms with Gasteiger partial charge in [0.2, 0.25) is 5.91 Å². The number of anilines is 3. The molecule has 0 saturated heterocycles. The number of thioether (sulfide) groups is 1. The predicted octanol–water partition coefficient (Wildman–Crippen LogP) is 7.89. The van der Waals surface area contributed by atoms with Gasteiger partial charge >= 0.3 is 0 Å². The summed E-state index contributed by atoms with van der Waals surface area (Å²) < 4.78 is 0. The minimum atomic E-state index is -0.308. The molecule has 8 heteroatoms. The summed E-state index contributed by atoms with van der Waals surface area (Å²) in [5.41, 5.74) is 3.65. The number of hydrogen-bond acceptors (Lipinski definition) is 5. The van der Waals surface area contributed by atoms with Gasteiger partial charge in [0.25, 0.3) is 0 Å². The highest BCUT2D eigenvalue weighted by Gasteiger charge is 2.17. The summed E-state index contributed by atoms with van der Waals surface area (Å²) in [4.78, 5) is 18.5. The molecule has 1 heterocycles. The molecule has 5 aromatic rings. The fourth-order valence-corrected chi connectivity index (χ4v) is 5.62. The molecular formula is C29H24N4OS3. The molecule has 0 aliphatic carbocycles. The van der Waals surface area contributed by atoms with Gasteiger partial charge in [-0.25, -0.2) is 4.98 Å². The van der Waals surface area contributed by atoms with E-state index < -0.39 is 0 Å². The highest BCUT2D eigenvalue weighted by molar-refractivity contribution is 8.00. The zero-order valence-electron chi connectivity index (χ0n) is 20.0. The molecule has 0 fully saturated rings. The van der Waals surface area contributed by atoms with E-state index in [1.54, 1.807) is 0 Å². The lowest BCUT2D eigenvalue weighted by Crippen LogP contribution is -2.22. The quantitative estimate of drug-likeness (QED) is 0.144. The van der Waals surface area contributed by atoms with Crippen molar-refractivity contribution in [2.75, 3.05) is 16.0 Å². The molecular weight excluding hydrogens is 517 g/mol. The maximum absolute atomic E-state index is 12.9. The monoisotopic (exact) mass is 540 g/mol. The van der Waals surface area contributed by atoms with Gasteiger partial charge in [0.1, 0.15) is 0 Å². The molecule has 0 aliphatic heterocycles. The molecule has 5 nitrogen and oxygen atoms in total. The second kappa shape index (κ2) is 11.6. The second-order valence-corrected chi connectivity index (χ2v) is 11.0. The van der Waals surface area contributed by atoms with Crippen molar-refractivity contribution in [2.24, 2.45) is 0 Å². The Balaban J connectivity index is 1.18. The molecule has 1 atom stereocenters. The molecule has 184 valence electrons. The number of rotatable bonds is 7. The number of aromatic nitrogens is 1. The van der Waals surface area contributed by atoms with Crippen LogP contribution in [-0.4, -0.2) is 21.3 Å². The number of nitrogens with one attached hydrogen (secondary N) is 3. The van der Waals surface area contributed by atoms with Crippen LogP contribution in [0.5, 0.6) is 0 Å². The molecule has 1 amide bonds. The predicted molar refractivity (Wildman–Crippen MR) is 162 cm³/mol. The molecule has 0 aliphatic rings. The Morgan fingerprint density at radius 2 is 1.57 bits per heavy atom. The molecule has 0 saturated carbocycles. The second-order valence-electron chi connectivity index (χ2n) is 8.32. The molecule has 0 spiro atoms. The number of fused-ring (bicyclic) bond motifs is 1. The number of nitrogens with zero attached hydrogens (tertiary/aromatic N) is 1. The molecule has 3 N–H and O–H groups in total. The SMILES string of the molecule is CC(Sc1cccc(NC(=S)Nc2ccccc2)c1)C(=O)Nc1nc(-c2ccc3ccccc3c2)cs1. The van der Waals surface area contributed by atoms with E-state index in [9.17, 15) is 4.79 Å². The van der Waals surface area contributed by atoms with Gasteiger partial charge in [-0.1, -0.05) is 60.7 Å². The van der Waals surface area contributed by atoms with Gasteiger partial charge in [0.15, 0.2) is 10.2 Å². The summed E-state index contributed by atoms with van der Waals surface area (Å²) in [6.45, 7) is 1.89. The van der Waals surface area contributed by atoms with Crippen molar-refractivity contribution in [1.82, 2.24) is 4.98 Å². The third kappa shape index (κ3) is 6.54. The van der Waals surface area contributed by atoms with E-state index in [1.807, 2.05) is 79.0 Å². The fourth-order valence-electron chi connectivity index (χ4n) is 3.74. The Kier molecular flexibility index (Phi) is 7.79. The number of hydrogen-bond donors (Lipinski definition) is 3. The highest BCUT2D eigenvalue weighted by atomic mass is 32.2. The van der Waals surface area contributed by atoms with Crippen LogP contribution in [0.3, 0.4) is 0 Å². The number of thiocarbonyl (C=S) groups is 1. The smallest absolute Gasteiger partial charge is 0.239 e. The van der Waals surface area contributed by atoms with Crippen LogP contribution in [0.25, 0.3) is 22.0 Å². The Bertz CT molecular complexity index is 1550. The maximum Gasteiger partial charge on any atom is 0.239 e. The number of carbonyl (C=O) groups excluding carboxylic acids is 1. The standard InChI is InChI=1S/C29H24N4OS3/c1-19(37-25-13-7-12-24(17-25)31-28(35)30-23-10-3-2-4-11-23)27(34)33-29-32-26(18-36-29)22-15-14-20-8-5-6-9-21(20)16-22/h2-19H,1H3,(H2,30,31,35)(H,32,33,34). The van der Waals surface area contributed by atoms with Crippen LogP contribution in [0.4, 0.5) is 16.5 Å². The van der Waals surface area contributed by atoms with E-state index in [1.165, 1.54) is 28.5 Å². The molecule has 4 aromatic carbocycles. The largest absolute Gasteiger partial charge is 0.332 e. The molecule has 37 heavy (non-hydrogen) atoms. The van der Waals surface area contributed by atoms with Crippen LogP contribution < -0.4 is 16.0 Å². The van der Waals surface area contributed by atoms with Crippen molar-refractivity contribution in [3.63, 3.8) is 0 Å². The van der Waals surface area contributed by atoms with Gasteiger partial charge in [0.05, 0.1) is 10.9 Å². The fraction of sp³-hybridized carbons (Fsp3) is 0.0690. The van der Waals surface area contributed by atoms with Crippen molar-refractivity contribution in [3.8, 4) is 11.3 Å². The Labute approximate surface area is 229 Å². The number of carbonyl (C=O) groups is 1. The minimum Gasteiger partial charge on any atom is -0.332 e. The zero-order valence-corrected chi connectivity index (χ0v) is 22.4. The van der Waals surface area contributed by atoms with Crippen molar-refractivity contribution >= 4 is 73.6 Å². The van der Waals surface area contributed by atoms with Crippen LogP contribution >= 0.6 is 35.3 Å². The lowest BCUT2D eigenvalue weighted by atomic mass is 10.1. The van der Waals surface area contributed by atoms with Gasteiger partial charge in [0, 0.05) is 27.2 Å². The van der Waals surface area contributed by atoms with E-state index >= 15 is 0 Å². The maximum atomic E-state index is 12.9. The van der Waals surface area contributed by atoms with E-state index in [0.29, 0.717) is 10.2 Å². The van der Waals surface area contributed by atoms with Gasteiger partial charge in [-0.3, -0.25) is 4.79 Å². The third-order valence-electron chi connectivity index (χ3n) is 5.59. The van der Waals surface area contributed by atoms with E-state index in [0.717, 1.165) is 32.9 Å². The number of para-hydroxylation sites is 1. The summed E-state index contributed by atoms with van der Waals surface area (Å²) in [6, 6.07) is 32.1. The highest BCUT2D eigenvalue weighted by Crippen LogP contribution is 2.30. The molecule has 0 bridgehead atoms. The lowest BCUT2D eigenvalue weighted by Gasteiger charge is -2.13. The first-order chi connectivity index (χ1) is 18.0. The zero-order chi connectivity index (χ0) is 25.6. The van der Waals surface area contributed by atoms with Gasteiger partial charge in [-0.05, 0) is 66.3 Å². The Hall–Kier alpha value is -3.72. The average molecular weight is 541 g/mol. The van der Waals surface area contributed by atoms with E-state index in [-0.39, 0.29) is 11.2 Å². The first-order valence-electron chi connectivity index (χ1n) is 11.7. The minimum absolute atomic E-state index is 0.0935. The number of thiazole rings is 1. The number of amides is 1. The summed E-state index contributed by atoms with van der Waals surface area (Å²) in [5.74, 6) is -0.0935.